The second-order valence-electron chi connectivity index (χ2n) is 8.27. The molecule has 0 aromatic heterocycles. The second-order valence-corrected chi connectivity index (χ2v) is 13.0. The van der Waals surface area contributed by atoms with Gasteiger partial charge in [0.05, 0.1) is 19.3 Å². The Hall–Kier alpha value is -0.163. The molecule has 0 N–H and O–H groups in total. The Kier molecular flexibility index (Phi) is 4.49. The molecule has 1 aliphatic carbocycles. The van der Waals surface area contributed by atoms with Crippen LogP contribution in [-0.4, -0.2) is 33.4 Å². The van der Waals surface area contributed by atoms with Crippen molar-refractivity contribution in [1.29, 1.82) is 0 Å². The van der Waals surface area contributed by atoms with Crippen molar-refractivity contribution in [1.82, 2.24) is 0 Å². The van der Waals surface area contributed by atoms with Crippen LogP contribution in [0, 0.1) is 5.41 Å². The highest BCUT2D eigenvalue weighted by Crippen LogP contribution is 2.56. The first-order chi connectivity index (χ1) is 9.58. The Morgan fingerprint density at radius 3 is 2.33 bits per heavy atom. The Morgan fingerprint density at radius 1 is 1.29 bits per heavy atom. The standard InChI is InChI=1S/C17H32O3Si/c1-8-10-16(5)14(20-21(6,7)15(2,3)4)9-11-17(16)18-12-13-19-17/h8,14H,1,9-13H2,2-7H3/t14-,16-/m0/s1. The van der Waals surface area contributed by atoms with E-state index in [1.165, 1.54) is 0 Å². The first-order valence-corrected chi connectivity index (χ1v) is 11.1. The van der Waals surface area contributed by atoms with Crippen molar-refractivity contribution in [2.75, 3.05) is 13.2 Å². The Balaban J connectivity index is 2.26. The highest BCUT2D eigenvalue weighted by atomic mass is 28.4. The van der Waals surface area contributed by atoms with Crippen LogP contribution >= 0.6 is 0 Å². The molecule has 1 saturated carbocycles. The molecular formula is C17H32O3Si. The third kappa shape index (κ3) is 2.76. The lowest BCUT2D eigenvalue weighted by Gasteiger charge is -2.46. The normalized spacial score (nSPS) is 32.8. The van der Waals surface area contributed by atoms with E-state index >= 15 is 0 Å². The third-order valence-corrected chi connectivity index (χ3v) is 10.4. The third-order valence-electron chi connectivity index (χ3n) is 5.88. The van der Waals surface area contributed by atoms with Gasteiger partial charge in [-0.3, -0.25) is 0 Å². The van der Waals surface area contributed by atoms with E-state index in [0.29, 0.717) is 13.2 Å². The largest absolute Gasteiger partial charge is 0.413 e. The topological polar surface area (TPSA) is 27.7 Å². The summed E-state index contributed by atoms with van der Waals surface area (Å²) < 4.78 is 18.9. The molecule has 0 aromatic rings. The van der Waals surface area contributed by atoms with Crippen LogP contribution in [0.1, 0.15) is 47.0 Å². The van der Waals surface area contributed by atoms with E-state index in [2.05, 4.69) is 47.4 Å². The molecule has 2 rings (SSSR count). The minimum Gasteiger partial charge on any atom is -0.413 e. The van der Waals surface area contributed by atoms with Crippen molar-refractivity contribution >= 4 is 8.32 Å². The minimum absolute atomic E-state index is 0.138. The van der Waals surface area contributed by atoms with Gasteiger partial charge in [-0.2, -0.15) is 0 Å². The summed E-state index contributed by atoms with van der Waals surface area (Å²) >= 11 is 0. The van der Waals surface area contributed by atoms with Crippen molar-refractivity contribution in [2.45, 2.75) is 77.0 Å². The Morgan fingerprint density at radius 2 is 1.86 bits per heavy atom. The molecule has 0 aromatic carbocycles. The first-order valence-electron chi connectivity index (χ1n) is 8.15. The van der Waals surface area contributed by atoms with Crippen LogP contribution < -0.4 is 0 Å². The molecule has 0 bridgehead atoms. The number of rotatable bonds is 4. The molecule has 3 nitrogen and oxygen atoms in total. The molecular weight excluding hydrogens is 280 g/mol. The molecule has 21 heavy (non-hydrogen) atoms. The molecule has 0 unspecified atom stereocenters. The molecule has 1 heterocycles. The van der Waals surface area contributed by atoms with Gasteiger partial charge in [-0.1, -0.05) is 33.8 Å². The predicted molar refractivity (Wildman–Crippen MR) is 88.9 cm³/mol. The summed E-state index contributed by atoms with van der Waals surface area (Å²) in [6, 6.07) is 0. The maximum absolute atomic E-state index is 6.75. The van der Waals surface area contributed by atoms with E-state index in [9.17, 15) is 0 Å². The van der Waals surface area contributed by atoms with Crippen LogP contribution in [0.25, 0.3) is 0 Å². The lowest BCUT2D eigenvalue weighted by atomic mass is 9.78. The van der Waals surface area contributed by atoms with Gasteiger partial charge in [-0.25, -0.2) is 0 Å². The smallest absolute Gasteiger partial charge is 0.192 e. The van der Waals surface area contributed by atoms with Gasteiger partial charge >= 0.3 is 0 Å². The van der Waals surface area contributed by atoms with Crippen LogP contribution in [0.15, 0.2) is 12.7 Å². The number of ether oxygens (including phenoxy) is 2. The summed E-state index contributed by atoms with van der Waals surface area (Å²) in [5.74, 6) is -0.464. The maximum atomic E-state index is 6.75. The summed E-state index contributed by atoms with van der Waals surface area (Å²) in [6.45, 7) is 19.1. The fourth-order valence-corrected chi connectivity index (χ4v) is 4.85. The van der Waals surface area contributed by atoms with E-state index in [-0.39, 0.29) is 16.6 Å². The van der Waals surface area contributed by atoms with E-state index in [1.807, 2.05) is 6.08 Å². The summed E-state index contributed by atoms with van der Waals surface area (Å²) in [5, 5.41) is 0.217. The zero-order chi connectivity index (χ0) is 15.9. The van der Waals surface area contributed by atoms with Crippen molar-refractivity contribution in [2.24, 2.45) is 5.41 Å². The molecule has 2 fully saturated rings. The molecule has 0 amide bonds. The van der Waals surface area contributed by atoms with Crippen LogP contribution in [-0.2, 0) is 13.9 Å². The highest BCUT2D eigenvalue weighted by Gasteiger charge is 2.62. The summed E-state index contributed by atoms with van der Waals surface area (Å²) in [7, 11) is -1.80. The molecule has 122 valence electrons. The second kappa shape index (κ2) is 5.48. The van der Waals surface area contributed by atoms with Gasteiger partial charge in [0.25, 0.3) is 0 Å². The molecule has 2 atom stereocenters. The predicted octanol–water partition coefficient (Wildman–Crippen LogP) is 4.50. The van der Waals surface area contributed by atoms with Gasteiger partial charge in [0.15, 0.2) is 14.1 Å². The molecule has 1 spiro atoms. The first kappa shape index (κ1) is 17.2. The van der Waals surface area contributed by atoms with Gasteiger partial charge in [-0.15, -0.1) is 6.58 Å². The fourth-order valence-electron chi connectivity index (χ4n) is 3.41. The van der Waals surface area contributed by atoms with Gasteiger partial charge in [0, 0.05) is 11.8 Å². The summed E-state index contributed by atoms with van der Waals surface area (Å²) in [6.07, 6.45) is 4.98. The Bertz CT molecular complexity index is 393. The van der Waals surface area contributed by atoms with Crippen molar-refractivity contribution < 1.29 is 13.9 Å². The monoisotopic (exact) mass is 312 g/mol. The van der Waals surface area contributed by atoms with E-state index < -0.39 is 14.1 Å². The molecule has 2 aliphatic rings. The quantitative estimate of drug-likeness (QED) is 0.565. The average Bonchev–Trinajstić information content (AvgIpc) is 2.91. The molecule has 1 saturated heterocycles. The van der Waals surface area contributed by atoms with Crippen LogP contribution in [0.3, 0.4) is 0 Å². The van der Waals surface area contributed by atoms with Crippen molar-refractivity contribution in [3.05, 3.63) is 12.7 Å². The molecule has 1 aliphatic heterocycles. The number of allylic oxidation sites excluding steroid dienone is 1. The van der Waals surface area contributed by atoms with Gasteiger partial charge in [-0.05, 0) is 31.0 Å². The SMILES string of the molecule is C=CC[C@@]1(C)[C@@H](O[Si](C)(C)C(C)(C)C)CCC12OCCO2. The fraction of sp³-hybridized carbons (Fsp3) is 0.882. The van der Waals surface area contributed by atoms with E-state index in [0.717, 1.165) is 19.3 Å². The highest BCUT2D eigenvalue weighted by molar-refractivity contribution is 6.74. The lowest BCUT2D eigenvalue weighted by Crippen LogP contribution is -2.53. The summed E-state index contributed by atoms with van der Waals surface area (Å²) in [5.41, 5.74) is -0.138. The van der Waals surface area contributed by atoms with Crippen LogP contribution in [0.4, 0.5) is 0 Å². The number of hydrogen-bond acceptors (Lipinski definition) is 3. The lowest BCUT2D eigenvalue weighted by molar-refractivity contribution is -0.228. The minimum atomic E-state index is -1.80. The zero-order valence-corrected chi connectivity index (χ0v) is 15.6. The van der Waals surface area contributed by atoms with Gasteiger partial charge < -0.3 is 13.9 Å². The van der Waals surface area contributed by atoms with E-state index in [4.69, 9.17) is 13.9 Å². The van der Waals surface area contributed by atoms with Crippen molar-refractivity contribution in [3.63, 3.8) is 0 Å². The van der Waals surface area contributed by atoms with Crippen LogP contribution in [0.5, 0.6) is 0 Å². The zero-order valence-electron chi connectivity index (χ0n) is 14.6. The Labute approximate surface area is 131 Å². The van der Waals surface area contributed by atoms with Crippen LogP contribution in [0.2, 0.25) is 18.1 Å². The number of hydrogen-bond donors (Lipinski definition) is 0. The molecule has 4 heteroatoms. The van der Waals surface area contributed by atoms with Gasteiger partial charge in [0.1, 0.15) is 0 Å². The molecule has 0 radical (unpaired) electrons. The van der Waals surface area contributed by atoms with Crippen molar-refractivity contribution in [3.8, 4) is 0 Å². The average molecular weight is 313 g/mol. The maximum Gasteiger partial charge on any atom is 0.192 e. The summed E-state index contributed by atoms with van der Waals surface area (Å²) in [4.78, 5) is 0. The van der Waals surface area contributed by atoms with Gasteiger partial charge in [0.2, 0.25) is 0 Å². The van der Waals surface area contributed by atoms with E-state index in [1.54, 1.807) is 0 Å².